The molecule has 0 bridgehead atoms. The highest BCUT2D eigenvalue weighted by Gasteiger charge is 2.24. The molecule has 1 aromatic carbocycles. The number of nitrogens with zero attached hydrogens (tertiary/aromatic N) is 2. The van der Waals surface area contributed by atoms with Gasteiger partial charge in [0.15, 0.2) is 5.69 Å². The number of piperazine rings is 1. The van der Waals surface area contributed by atoms with Gasteiger partial charge < -0.3 is 20.7 Å². The number of benzene rings is 1. The summed E-state index contributed by atoms with van der Waals surface area (Å²) in [5.74, 6) is -0.926. The predicted molar refractivity (Wildman–Crippen MR) is 86.6 cm³/mol. The zero-order chi connectivity index (χ0) is 16.4. The number of aromatic amines is 1. The molecule has 23 heavy (non-hydrogen) atoms. The molecule has 120 valence electrons. The Hall–Kier alpha value is -2.26. The number of hydrogen-bond donors (Lipinski definition) is 4. The van der Waals surface area contributed by atoms with Gasteiger partial charge in [-0.05, 0) is 18.2 Å². The minimum Gasteiger partial charge on any atom is -0.493 e. The maximum Gasteiger partial charge on any atom is 0.266 e. The van der Waals surface area contributed by atoms with E-state index in [9.17, 15) is 14.7 Å². The maximum atomic E-state index is 11.9. The van der Waals surface area contributed by atoms with Crippen LogP contribution < -0.4 is 10.6 Å². The third-order valence-electron chi connectivity index (χ3n) is 3.49. The Morgan fingerprint density at radius 1 is 1.39 bits per heavy atom. The molecule has 1 aromatic heterocycles. The molecule has 1 aliphatic heterocycles. The molecule has 0 unspecified atom stereocenters. The van der Waals surface area contributed by atoms with Gasteiger partial charge in [-0.15, -0.1) is 10.2 Å². The molecule has 0 aliphatic carbocycles. The minimum absolute atomic E-state index is 0.0812. The van der Waals surface area contributed by atoms with E-state index >= 15 is 0 Å². The molecule has 3 rings (SSSR count). The van der Waals surface area contributed by atoms with Crippen LogP contribution in [0.25, 0.3) is 10.9 Å². The summed E-state index contributed by atoms with van der Waals surface area (Å²) in [5.41, 5.74) is 0.871. The Labute approximate surface area is 139 Å². The number of halogens is 1. The lowest BCUT2D eigenvalue weighted by Crippen LogP contribution is -2.53. The first-order chi connectivity index (χ1) is 11.0. The lowest BCUT2D eigenvalue weighted by atomic mass is 10.1. The van der Waals surface area contributed by atoms with E-state index in [0.29, 0.717) is 24.0 Å². The average molecular weight is 380 g/mol. The largest absolute Gasteiger partial charge is 0.493 e. The number of fused-ring (bicyclic) bond motifs is 1. The number of amides is 2. The lowest BCUT2D eigenvalue weighted by molar-refractivity contribution is -0.128. The molecule has 1 atom stereocenters. The highest BCUT2D eigenvalue weighted by Crippen LogP contribution is 2.36. The smallest absolute Gasteiger partial charge is 0.266 e. The standard InChI is InChI=1S/C14H14BrN5O3/c15-7-1-2-9-8(5-7)12(14(23)18-9)20-19-11(21)6-10-13(22)17-4-3-16-10/h1-2,5,10,16,18,23H,3-4,6H2,(H,17,22)/t10-/m1/s1. The van der Waals surface area contributed by atoms with Crippen molar-refractivity contribution in [3.63, 3.8) is 0 Å². The van der Waals surface area contributed by atoms with Gasteiger partial charge >= 0.3 is 0 Å². The van der Waals surface area contributed by atoms with Gasteiger partial charge in [-0.25, -0.2) is 0 Å². The second kappa shape index (κ2) is 6.47. The Morgan fingerprint density at radius 3 is 3.00 bits per heavy atom. The van der Waals surface area contributed by atoms with Gasteiger partial charge in [-0.1, -0.05) is 15.9 Å². The number of H-pyrrole nitrogens is 1. The molecular weight excluding hydrogens is 366 g/mol. The second-order valence-electron chi connectivity index (χ2n) is 5.11. The van der Waals surface area contributed by atoms with Crippen LogP contribution in [-0.4, -0.2) is 41.0 Å². The minimum atomic E-state index is -0.596. The number of carbonyl (C=O) groups is 2. The van der Waals surface area contributed by atoms with E-state index in [1.165, 1.54) is 0 Å². The van der Waals surface area contributed by atoms with Gasteiger partial charge in [0, 0.05) is 22.9 Å². The fourth-order valence-electron chi connectivity index (χ4n) is 2.37. The first-order valence-electron chi connectivity index (χ1n) is 7.00. The van der Waals surface area contributed by atoms with E-state index in [2.05, 4.69) is 41.8 Å². The van der Waals surface area contributed by atoms with Gasteiger partial charge in [0.1, 0.15) is 0 Å². The normalized spacial score (nSPS) is 18.5. The Balaban J connectivity index is 1.77. The van der Waals surface area contributed by atoms with Crippen LogP contribution in [0.3, 0.4) is 0 Å². The molecule has 1 fully saturated rings. The van der Waals surface area contributed by atoms with Crippen LogP contribution in [0.15, 0.2) is 32.9 Å². The zero-order valence-electron chi connectivity index (χ0n) is 12.0. The second-order valence-corrected chi connectivity index (χ2v) is 6.02. The van der Waals surface area contributed by atoms with Crippen molar-refractivity contribution in [2.75, 3.05) is 13.1 Å². The molecule has 4 N–H and O–H groups in total. The molecule has 9 heteroatoms. The molecule has 2 aromatic rings. The van der Waals surface area contributed by atoms with Crippen molar-refractivity contribution in [2.24, 2.45) is 10.2 Å². The summed E-state index contributed by atoms with van der Waals surface area (Å²) in [4.78, 5) is 26.2. The van der Waals surface area contributed by atoms with Crippen LogP contribution in [0, 0.1) is 0 Å². The van der Waals surface area contributed by atoms with E-state index in [1.807, 2.05) is 6.07 Å². The number of aromatic hydroxyl groups is 1. The Morgan fingerprint density at radius 2 is 2.22 bits per heavy atom. The summed E-state index contributed by atoms with van der Waals surface area (Å²) in [6.45, 7) is 1.15. The predicted octanol–water partition coefficient (Wildman–Crippen LogP) is 1.72. The summed E-state index contributed by atoms with van der Waals surface area (Å²) in [6.07, 6.45) is -0.0812. The summed E-state index contributed by atoms with van der Waals surface area (Å²) in [6, 6.07) is 4.76. The monoisotopic (exact) mass is 379 g/mol. The first-order valence-corrected chi connectivity index (χ1v) is 7.80. The first kappa shape index (κ1) is 15.6. The van der Waals surface area contributed by atoms with Gasteiger partial charge in [0.2, 0.25) is 11.8 Å². The Bertz CT molecular complexity index is 801. The van der Waals surface area contributed by atoms with Gasteiger partial charge in [-0.3, -0.25) is 9.59 Å². The van der Waals surface area contributed by atoms with Crippen LogP contribution in [0.1, 0.15) is 6.42 Å². The zero-order valence-corrected chi connectivity index (χ0v) is 13.6. The van der Waals surface area contributed by atoms with Gasteiger partial charge in [0.05, 0.1) is 18.0 Å². The van der Waals surface area contributed by atoms with Crippen LogP contribution >= 0.6 is 15.9 Å². The fraction of sp³-hybridized carbons (Fsp3) is 0.286. The Kier molecular flexibility index (Phi) is 4.39. The van der Waals surface area contributed by atoms with E-state index in [0.717, 1.165) is 4.47 Å². The summed E-state index contributed by atoms with van der Waals surface area (Å²) >= 11 is 3.34. The van der Waals surface area contributed by atoms with Crippen molar-refractivity contribution in [1.29, 1.82) is 0 Å². The molecule has 2 amide bonds. The summed E-state index contributed by atoms with van der Waals surface area (Å²) in [5, 5.41) is 23.6. The number of rotatable bonds is 3. The number of carbonyl (C=O) groups excluding carboxylic acids is 2. The van der Waals surface area contributed by atoms with Crippen LogP contribution in [0.5, 0.6) is 5.88 Å². The van der Waals surface area contributed by atoms with E-state index in [-0.39, 0.29) is 23.9 Å². The SMILES string of the molecule is O=C(C[C@H]1NCCNC1=O)N=Nc1c(O)[nH]c2ccc(Br)cc12. The van der Waals surface area contributed by atoms with Crippen molar-refractivity contribution in [1.82, 2.24) is 15.6 Å². The van der Waals surface area contributed by atoms with E-state index < -0.39 is 11.9 Å². The number of nitrogens with one attached hydrogen (secondary N) is 3. The third-order valence-corrected chi connectivity index (χ3v) is 3.98. The fourth-order valence-corrected chi connectivity index (χ4v) is 2.73. The van der Waals surface area contributed by atoms with Crippen molar-refractivity contribution < 1.29 is 14.7 Å². The third kappa shape index (κ3) is 3.40. The maximum absolute atomic E-state index is 11.9. The molecule has 0 saturated carbocycles. The average Bonchev–Trinajstić information content (AvgIpc) is 2.82. The van der Waals surface area contributed by atoms with Crippen molar-refractivity contribution in [3.05, 3.63) is 22.7 Å². The van der Waals surface area contributed by atoms with Gasteiger partial charge in [0.25, 0.3) is 5.91 Å². The summed E-state index contributed by atoms with van der Waals surface area (Å²) in [7, 11) is 0. The van der Waals surface area contributed by atoms with Crippen LogP contribution in [0.4, 0.5) is 5.69 Å². The van der Waals surface area contributed by atoms with E-state index in [1.54, 1.807) is 12.1 Å². The molecule has 0 spiro atoms. The molecule has 2 heterocycles. The molecular formula is C14H14BrN5O3. The quantitative estimate of drug-likeness (QED) is 0.607. The number of azo groups is 1. The molecule has 0 radical (unpaired) electrons. The number of aromatic nitrogens is 1. The number of hydrogen-bond acceptors (Lipinski definition) is 5. The highest BCUT2D eigenvalue weighted by atomic mass is 79.9. The topological polar surface area (TPSA) is 119 Å². The van der Waals surface area contributed by atoms with E-state index in [4.69, 9.17) is 0 Å². The van der Waals surface area contributed by atoms with Crippen molar-refractivity contribution in [2.45, 2.75) is 12.5 Å². The van der Waals surface area contributed by atoms with Crippen molar-refractivity contribution in [3.8, 4) is 5.88 Å². The molecule has 1 aliphatic rings. The van der Waals surface area contributed by atoms with Gasteiger partial charge in [-0.2, -0.15) is 0 Å². The summed E-state index contributed by atoms with van der Waals surface area (Å²) < 4.78 is 0.815. The highest BCUT2D eigenvalue weighted by molar-refractivity contribution is 9.10. The lowest BCUT2D eigenvalue weighted by Gasteiger charge is -2.21. The van der Waals surface area contributed by atoms with Crippen LogP contribution in [0.2, 0.25) is 0 Å². The molecule has 8 nitrogen and oxygen atoms in total. The van der Waals surface area contributed by atoms with Crippen LogP contribution in [-0.2, 0) is 9.59 Å². The molecule has 1 saturated heterocycles. The van der Waals surface area contributed by atoms with Crippen molar-refractivity contribution >= 4 is 44.3 Å².